The van der Waals surface area contributed by atoms with Crippen LogP contribution in [0.2, 0.25) is 0 Å². The zero-order valence-electron chi connectivity index (χ0n) is 30.6. The molecule has 10 heteroatoms. The largest absolute Gasteiger partial charge is 0.508 e. The topological polar surface area (TPSA) is 144 Å². The summed E-state index contributed by atoms with van der Waals surface area (Å²) in [5, 5.41) is 23.4. The number of phenols is 1. The van der Waals surface area contributed by atoms with Crippen molar-refractivity contribution in [3.8, 4) is 11.5 Å². The third-order valence-electron chi connectivity index (χ3n) is 12.3. The fraction of sp³-hybridized carbons (Fsp3) is 0.191. The summed E-state index contributed by atoms with van der Waals surface area (Å²) in [7, 11) is 0. The molecule has 9 rings (SSSR count). The Morgan fingerprint density at radius 2 is 1.46 bits per heavy atom. The number of anilines is 1. The fourth-order valence-corrected chi connectivity index (χ4v) is 9.79. The second kappa shape index (κ2) is 14.0. The van der Waals surface area contributed by atoms with Crippen molar-refractivity contribution < 1.29 is 33.9 Å². The Hall–Kier alpha value is -6.94. The van der Waals surface area contributed by atoms with E-state index in [2.05, 4.69) is 0 Å². The summed E-state index contributed by atoms with van der Waals surface area (Å²) in [6, 6.07) is 38.1. The third kappa shape index (κ3) is 5.70. The Balaban J connectivity index is 1.21. The number of imide groups is 1. The number of Topliss-reactive ketones (excluding diaryl/α,β-unsaturated/α-hetero) is 1. The molecule has 1 heterocycles. The van der Waals surface area contributed by atoms with Crippen molar-refractivity contribution in [3.05, 3.63) is 184 Å². The molecule has 0 aromatic heterocycles. The summed E-state index contributed by atoms with van der Waals surface area (Å²) >= 11 is 0. The first-order chi connectivity index (χ1) is 27.7. The number of allylic oxidation sites excluding steroid dienone is 4. The van der Waals surface area contributed by atoms with Crippen LogP contribution in [-0.2, 0) is 31.2 Å². The van der Waals surface area contributed by atoms with E-state index in [1.165, 1.54) is 36.4 Å². The number of carbonyl (C=O) groups excluding carboxylic acids is 4. The van der Waals surface area contributed by atoms with Gasteiger partial charge in [-0.1, -0.05) is 109 Å². The van der Waals surface area contributed by atoms with E-state index in [0.717, 1.165) is 10.5 Å². The number of phenolic OH excluding ortho intramolecular Hbond substituents is 1. The number of non-ortho nitro benzene ring substituents is 1. The van der Waals surface area contributed by atoms with Gasteiger partial charge in [-0.3, -0.25) is 34.2 Å². The van der Waals surface area contributed by atoms with Crippen LogP contribution in [0, 0.1) is 33.8 Å². The van der Waals surface area contributed by atoms with Crippen molar-refractivity contribution in [2.24, 2.45) is 23.7 Å². The molecule has 6 atom stereocenters. The van der Waals surface area contributed by atoms with E-state index >= 15 is 9.59 Å². The molecule has 57 heavy (non-hydrogen) atoms. The molecule has 282 valence electrons. The summed E-state index contributed by atoms with van der Waals surface area (Å²) < 4.78 is 6.07. The number of benzene rings is 5. The number of nitro groups is 1. The van der Waals surface area contributed by atoms with Gasteiger partial charge in [-0.25, -0.2) is 0 Å². The van der Waals surface area contributed by atoms with Gasteiger partial charge in [0.25, 0.3) is 5.69 Å². The van der Waals surface area contributed by atoms with Crippen LogP contribution in [0.3, 0.4) is 0 Å². The van der Waals surface area contributed by atoms with Crippen LogP contribution in [0.25, 0.3) is 5.57 Å². The molecule has 0 bridgehead atoms. The van der Waals surface area contributed by atoms with E-state index in [-0.39, 0.29) is 53.7 Å². The van der Waals surface area contributed by atoms with E-state index in [0.29, 0.717) is 28.0 Å². The van der Waals surface area contributed by atoms with E-state index in [1.54, 1.807) is 36.4 Å². The number of nitro benzene ring substituents is 1. The number of aromatic hydroxyl groups is 1. The molecule has 2 amide bonds. The molecule has 0 unspecified atom stereocenters. The molecule has 5 aromatic rings. The van der Waals surface area contributed by atoms with Crippen LogP contribution in [-0.4, -0.2) is 33.4 Å². The summed E-state index contributed by atoms with van der Waals surface area (Å²) in [6.07, 6.45) is 3.65. The SMILES string of the molecule is O=C1C(c2ccccc2)=CC(=O)[C@@]2(c3ccccc3)[C@@H](c3ccc(OCc4ccccc4)cc3O)C3=CC[C@@H]4C(=O)N(c5ccc([N+](=O)[O-])cc5)C(=O)[C@@H]4[C@@H]3C[C@@H]12. The van der Waals surface area contributed by atoms with E-state index < -0.39 is 51.7 Å². The van der Waals surface area contributed by atoms with Crippen molar-refractivity contribution in [3.63, 3.8) is 0 Å². The smallest absolute Gasteiger partial charge is 0.269 e. The van der Waals surface area contributed by atoms with Crippen molar-refractivity contribution in [2.45, 2.75) is 30.8 Å². The summed E-state index contributed by atoms with van der Waals surface area (Å²) in [4.78, 5) is 71.1. The predicted molar refractivity (Wildman–Crippen MR) is 211 cm³/mol. The molecule has 2 fully saturated rings. The molecule has 4 aliphatic rings. The highest BCUT2D eigenvalue weighted by atomic mass is 16.6. The predicted octanol–water partition coefficient (Wildman–Crippen LogP) is 7.91. The third-order valence-corrected chi connectivity index (χ3v) is 12.3. The monoisotopic (exact) mass is 756 g/mol. The number of fused-ring (bicyclic) bond motifs is 4. The molecule has 3 aliphatic carbocycles. The van der Waals surface area contributed by atoms with Crippen molar-refractivity contribution in [1.82, 2.24) is 0 Å². The number of amides is 2. The zero-order chi connectivity index (χ0) is 39.4. The highest BCUT2D eigenvalue weighted by Gasteiger charge is 2.66. The average molecular weight is 757 g/mol. The summed E-state index contributed by atoms with van der Waals surface area (Å²) in [5.41, 5.74) is 2.04. The van der Waals surface area contributed by atoms with Crippen LogP contribution < -0.4 is 9.64 Å². The molecule has 1 saturated carbocycles. The van der Waals surface area contributed by atoms with Crippen LogP contribution in [0.5, 0.6) is 11.5 Å². The van der Waals surface area contributed by atoms with Crippen LogP contribution in [0.4, 0.5) is 11.4 Å². The quantitative estimate of drug-likeness (QED) is 0.0728. The van der Waals surface area contributed by atoms with Gasteiger partial charge >= 0.3 is 0 Å². The van der Waals surface area contributed by atoms with Crippen LogP contribution in [0.1, 0.15) is 41.0 Å². The van der Waals surface area contributed by atoms with Crippen molar-refractivity contribution in [1.29, 1.82) is 0 Å². The van der Waals surface area contributed by atoms with E-state index in [9.17, 15) is 24.8 Å². The minimum absolute atomic E-state index is 0.0965. The molecular formula is C47H36N2O8. The van der Waals surface area contributed by atoms with Gasteiger partial charge in [-0.05, 0) is 59.7 Å². The van der Waals surface area contributed by atoms with Gasteiger partial charge in [0.15, 0.2) is 11.6 Å². The maximum atomic E-state index is 15.3. The lowest BCUT2D eigenvalue weighted by Crippen LogP contribution is -2.58. The number of carbonyl (C=O) groups is 4. The minimum atomic E-state index is -1.51. The van der Waals surface area contributed by atoms with E-state index in [1.807, 2.05) is 72.8 Å². The van der Waals surface area contributed by atoms with Gasteiger partial charge in [-0.15, -0.1) is 0 Å². The highest BCUT2D eigenvalue weighted by Crippen LogP contribution is 2.64. The molecule has 1 saturated heterocycles. The number of nitrogens with zero attached hydrogens (tertiary/aromatic N) is 2. The van der Waals surface area contributed by atoms with Gasteiger partial charge in [0.1, 0.15) is 18.1 Å². The van der Waals surface area contributed by atoms with Crippen molar-refractivity contribution >= 4 is 40.3 Å². The molecule has 1 N–H and O–H groups in total. The lowest BCUT2D eigenvalue weighted by atomic mass is 9.44. The zero-order valence-corrected chi connectivity index (χ0v) is 30.6. The number of ketones is 2. The van der Waals surface area contributed by atoms with Crippen molar-refractivity contribution in [2.75, 3.05) is 4.90 Å². The van der Waals surface area contributed by atoms with E-state index in [4.69, 9.17) is 4.74 Å². The number of hydrogen-bond donors (Lipinski definition) is 1. The van der Waals surface area contributed by atoms with Gasteiger partial charge < -0.3 is 9.84 Å². The lowest BCUT2D eigenvalue weighted by Gasteiger charge is -2.55. The minimum Gasteiger partial charge on any atom is -0.508 e. The molecule has 1 aliphatic heterocycles. The Morgan fingerprint density at radius 1 is 0.789 bits per heavy atom. The Kier molecular flexibility index (Phi) is 8.76. The van der Waals surface area contributed by atoms with Crippen LogP contribution >= 0.6 is 0 Å². The van der Waals surface area contributed by atoms with Gasteiger partial charge in [0.05, 0.1) is 27.9 Å². The number of rotatable bonds is 8. The average Bonchev–Trinajstić information content (AvgIpc) is 3.50. The summed E-state index contributed by atoms with van der Waals surface area (Å²) in [5.74, 6) is -5.37. The first-order valence-corrected chi connectivity index (χ1v) is 18.9. The fourth-order valence-electron chi connectivity index (χ4n) is 9.79. The highest BCUT2D eigenvalue weighted by molar-refractivity contribution is 6.32. The Morgan fingerprint density at radius 3 is 2.12 bits per heavy atom. The first kappa shape index (κ1) is 35.7. The standard InChI is InChI=1S/C47H36N2O8/c50-40-24-33(57-27-28-10-4-1-5-11-28)20-21-35(40)43-34-22-23-36-42(46(54)48(45(36)53)31-16-18-32(19-17-31)49(55)56)38(34)25-39-44(52)37(29-12-6-2-7-13-29)26-41(51)47(39,43)30-14-8-3-9-15-30/h1-22,24,26,36,38-39,42-43,50H,23,25,27H2/t36-,38+,39-,42-,43+,47-/m0/s1. The lowest BCUT2D eigenvalue weighted by molar-refractivity contribution is -0.384. The maximum absolute atomic E-state index is 15.3. The molecule has 0 radical (unpaired) electrons. The molecule has 5 aromatic carbocycles. The van der Waals surface area contributed by atoms with Gasteiger partial charge in [0.2, 0.25) is 11.8 Å². The van der Waals surface area contributed by atoms with Gasteiger partial charge in [-0.2, -0.15) is 0 Å². The van der Waals surface area contributed by atoms with Gasteiger partial charge in [0, 0.05) is 41.2 Å². The number of ether oxygens (including phenoxy) is 1. The summed E-state index contributed by atoms with van der Waals surface area (Å²) in [6.45, 7) is 0.261. The van der Waals surface area contributed by atoms with Crippen LogP contribution in [0.15, 0.2) is 151 Å². The second-order valence-electron chi connectivity index (χ2n) is 15.1. The molecule has 0 spiro atoms. The molecular weight excluding hydrogens is 721 g/mol. The number of hydrogen-bond acceptors (Lipinski definition) is 8. The molecule has 10 nitrogen and oxygen atoms in total. The Labute approximate surface area is 327 Å². The first-order valence-electron chi connectivity index (χ1n) is 18.9. The Bertz CT molecular complexity index is 2520. The second-order valence-corrected chi connectivity index (χ2v) is 15.1. The maximum Gasteiger partial charge on any atom is 0.269 e. The normalized spacial score (nSPS) is 25.2.